The summed E-state index contributed by atoms with van der Waals surface area (Å²) < 4.78 is 23.0. The largest absolute Gasteiger partial charge is 0.494 e. The zero-order valence-corrected chi connectivity index (χ0v) is 46.2. The summed E-state index contributed by atoms with van der Waals surface area (Å²) in [7, 11) is 0. The Kier molecular flexibility index (Phi) is 26.1. The van der Waals surface area contributed by atoms with Crippen molar-refractivity contribution in [2.75, 3.05) is 19.8 Å². The predicted octanol–water partition coefficient (Wildman–Crippen LogP) is 16.8. The molecule has 0 spiro atoms. The maximum Gasteiger partial charge on any atom is 0.343 e. The predicted molar refractivity (Wildman–Crippen MR) is 310 cm³/mol. The highest BCUT2D eigenvalue weighted by atomic mass is 16.5. The van der Waals surface area contributed by atoms with Crippen molar-refractivity contribution in [3.63, 3.8) is 0 Å². The smallest absolute Gasteiger partial charge is 0.343 e. The van der Waals surface area contributed by atoms with Gasteiger partial charge in [0.05, 0.1) is 24.3 Å². The Hall–Kier alpha value is -7.00. The zero-order valence-electron chi connectivity index (χ0n) is 46.2. The molecule has 0 N–H and O–H groups in total. The number of esters is 2. The molecule has 0 aliphatic heterocycles. The first kappa shape index (κ1) is 59.2. The molecule has 0 aromatic heterocycles. The Morgan fingerprint density at radius 2 is 0.584 bits per heavy atom. The summed E-state index contributed by atoms with van der Waals surface area (Å²) in [5.74, 6) is 1.01. The van der Waals surface area contributed by atoms with Crippen LogP contribution in [0, 0.1) is 0 Å². The lowest BCUT2D eigenvalue weighted by Crippen LogP contribution is -2.37. The summed E-state index contributed by atoms with van der Waals surface area (Å²) in [6.07, 6.45) is 23.7. The molecule has 6 rings (SSSR count). The second-order valence-electron chi connectivity index (χ2n) is 20.3. The van der Waals surface area contributed by atoms with E-state index in [1.165, 1.54) is 75.5 Å². The van der Waals surface area contributed by atoms with Crippen molar-refractivity contribution in [2.45, 2.75) is 162 Å². The van der Waals surface area contributed by atoms with Crippen LogP contribution in [0.5, 0.6) is 23.0 Å². The van der Waals surface area contributed by atoms with Crippen molar-refractivity contribution >= 4 is 23.8 Å². The van der Waals surface area contributed by atoms with E-state index in [-0.39, 0.29) is 11.8 Å². The summed E-state index contributed by atoms with van der Waals surface area (Å²) in [6.45, 7) is 8.32. The topological polar surface area (TPSA) is 108 Å². The van der Waals surface area contributed by atoms with Crippen LogP contribution in [0.25, 0.3) is 0 Å². The molecule has 0 aliphatic carbocycles. The first-order chi connectivity index (χ1) is 37.7. The Morgan fingerprint density at radius 1 is 0.312 bits per heavy atom. The highest BCUT2D eigenvalue weighted by molar-refractivity contribution is 6.10. The highest BCUT2D eigenvalue weighted by Gasteiger charge is 2.24. The zero-order chi connectivity index (χ0) is 54.3. The summed E-state index contributed by atoms with van der Waals surface area (Å²) in [6, 6.07) is 44.4. The Balaban J connectivity index is 0.949. The summed E-state index contributed by atoms with van der Waals surface area (Å²) in [5.41, 5.74) is 6.21. The molecule has 6 aromatic rings. The molecule has 0 heterocycles. The number of aryl methyl sites for hydroxylation is 4. The number of hydrogen-bond acceptors (Lipinski definition) is 8. The van der Waals surface area contributed by atoms with Gasteiger partial charge in [0.1, 0.15) is 23.0 Å². The lowest BCUT2D eigenvalue weighted by molar-refractivity contribution is 0.0611. The molecule has 0 saturated carbocycles. The van der Waals surface area contributed by atoms with Crippen LogP contribution in [0.2, 0.25) is 0 Å². The van der Waals surface area contributed by atoms with E-state index in [9.17, 15) is 19.2 Å². The van der Waals surface area contributed by atoms with E-state index < -0.39 is 11.9 Å². The van der Waals surface area contributed by atoms with Crippen LogP contribution in [0.3, 0.4) is 0 Å². The van der Waals surface area contributed by atoms with E-state index in [0.29, 0.717) is 53.5 Å². The molecule has 0 radical (unpaired) electrons. The van der Waals surface area contributed by atoms with Gasteiger partial charge in [-0.2, -0.15) is 0 Å². The van der Waals surface area contributed by atoms with Crippen molar-refractivity contribution in [1.82, 2.24) is 4.90 Å². The molecular formula is C68H83NO8. The minimum atomic E-state index is -0.419. The number of hydrogen-bond donors (Lipinski definition) is 0. The molecule has 9 heteroatoms. The quantitative estimate of drug-likeness (QED) is 0.0168. The Morgan fingerprint density at radius 3 is 0.922 bits per heavy atom. The fourth-order valence-corrected chi connectivity index (χ4v) is 9.16. The van der Waals surface area contributed by atoms with Crippen LogP contribution in [0.1, 0.15) is 200 Å². The van der Waals surface area contributed by atoms with Crippen LogP contribution >= 0.6 is 0 Å². The van der Waals surface area contributed by atoms with E-state index in [1.54, 1.807) is 24.3 Å². The summed E-state index contributed by atoms with van der Waals surface area (Å²) in [5, 5.41) is 0. The van der Waals surface area contributed by atoms with Crippen molar-refractivity contribution < 1.29 is 38.1 Å². The molecular weight excluding hydrogens is 959 g/mol. The molecule has 408 valence electrons. The molecule has 0 fully saturated rings. The fourth-order valence-electron chi connectivity index (χ4n) is 9.16. The van der Waals surface area contributed by atoms with Crippen molar-refractivity contribution in [3.05, 3.63) is 190 Å². The van der Waals surface area contributed by atoms with Crippen LogP contribution in [0.15, 0.2) is 146 Å². The van der Waals surface area contributed by atoms with Gasteiger partial charge in [0.2, 0.25) is 0 Å². The van der Waals surface area contributed by atoms with Gasteiger partial charge < -0.3 is 18.9 Å². The van der Waals surface area contributed by atoms with E-state index >= 15 is 0 Å². The first-order valence-corrected chi connectivity index (χ1v) is 28.8. The SMILES string of the molecule is CCCCCCCCOc1ccc(C(=O)Oc2ccc(CCc3ccc(C(=O)N(CCCCCCCC)C(=O)c4ccc(CCc5ccc(OC(=O)c6ccc(OCCCCCCCC)cc6)cc5)cc4)cc3)cc2)cc1. The molecule has 0 atom stereocenters. The number of nitrogens with zero attached hydrogens (tertiary/aromatic N) is 1. The van der Waals surface area contributed by atoms with Crippen molar-refractivity contribution in [2.24, 2.45) is 0 Å². The monoisotopic (exact) mass is 1040 g/mol. The number of amides is 2. The van der Waals surface area contributed by atoms with Crippen molar-refractivity contribution in [3.8, 4) is 23.0 Å². The van der Waals surface area contributed by atoms with E-state index in [2.05, 4.69) is 20.8 Å². The molecule has 0 unspecified atom stereocenters. The number of imide groups is 1. The van der Waals surface area contributed by atoms with Crippen LogP contribution in [-0.4, -0.2) is 48.4 Å². The average Bonchev–Trinajstić information content (AvgIpc) is 3.47. The highest BCUT2D eigenvalue weighted by Crippen LogP contribution is 2.22. The second kappa shape index (κ2) is 33.9. The average molecular weight is 1040 g/mol. The fraction of sp³-hybridized carbons (Fsp3) is 0.412. The van der Waals surface area contributed by atoms with Gasteiger partial charge in [-0.05, 0) is 164 Å². The summed E-state index contributed by atoms with van der Waals surface area (Å²) in [4.78, 5) is 55.4. The number of carbonyl (C=O) groups excluding carboxylic acids is 4. The van der Waals surface area contributed by atoms with Gasteiger partial charge in [-0.25, -0.2) is 9.59 Å². The van der Waals surface area contributed by atoms with Gasteiger partial charge in [-0.3, -0.25) is 14.5 Å². The van der Waals surface area contributed by atoms with Gasteiger partial charge in [0.15, 0.2) is 0 Å². The maximum absolute atomic E-state index is 14.1. The lowest BCUT2D eigenvalue weighted by atomic mass is 10.0. The summed E-state index contributed by atoms with van der Waals surface area (Å²) >= 11 is 0. The van der Waals surface area contributed by atoms with Gasteiger partial charge in [-0.1, -0.05) is 166 Å². The number of benzene rings is 6. The molecule has 0 aliphatic rings. The van der Waals surface area contributed by atoms with Gasteiger partial charge in [0.25, 0.3) is 11.8 Å². The standard InChI is InChI=1S/C68H83NO8/c1-4-7-10-13-16-19-50-69(65(70)57-34-26-53(27-35-57)22-24-55-30-42-63(43-31-55)76-67(72)59-38-46-61(47-39-59)74-51-20-17-14-11-8-5-2)66(71)58-36-28-54(29-37-58)23-25-56-32-44-64(45-33-56)77-68(73)60-40-48-62(49-41-60)75-52-21-18-15-12-9-6-3/h26-49H,4-25,50-52H2,1-3H3. The van der Waals surface area contributed by atoms with Crippen LogP contribution < -0.4 is 18.9 Å². The third-order valence-electron chi connectivity index (χ3n) is 14.0. The number of ether oxygens (including phenoxy) is 4. The van der Waals surface area contributed by atoms with Crippen LogP contribution in [0.4, 0.5) is 0 Å². The third-order valence-corrected chi connectivity index (χ3v) is 14.0. The third kappa shape index (κ3) is 21.2. The molecule has 2 amide bonds. The molecule has 6 aromatic carbocycles. The minimum absolute atomic E-state index is 0.298. The minimum Gasteiger partial charge on any atom is -0.494 e. The molecule has 77 heavy (non-hydrogen) atoms. The normalized spacial score (nSPS) is 11.0. The van der Waals surface area contributed by atoms with Gasteiger partial charge in [-0.15, -0.1) is 0 Å². The molecule has 9 nitrogen and oxygen atoms in total. The number of unbranched alkanes of at least 4 members (excludes halogenated alkanes) is 15. The maximum atomic E-state index is 14.1. The Bertz CT molecular complexity index is 2460. The van der Waals surface area contributed by atoms with Gasteiger partial charge in [0, 0.05) is 17.7 Å². The van der Waals surface area contributed by atoms with E-state index in [4.69, 9.17) is 18.9 Å². The van der Waals surface area contributed by atoms with Crippen molar-refractivity contribution in [1.29, 1.82) is 0 Å². The molecule has 0 saturated heterocycles. The lowest BCUT2D eigenvalue weighted by Gasteiger charge is -2.21. The van der Waals surface area contributed by atoms with Crippen LogP contribution in [-0.2, 0) is 25.7 Å². The first-order valence-electron chi connectivity index (χ1n) is 28.8. The second-order valence-corrected chi connectivity index (χ2v) is 20.3. The number of rotatable bonds is 35. The Labute approximate surface area is 459 Å². The van der Waals surface area contributed by atoms with E-state index in [0.717, 1.165) is 104 Å². The van der Waals surface area contributed by atoms with Gasteiger partial charge >= 0.3 is 11.9 Å². The van der Waals surface area contributed by atoms with E-state index in [1.807, 2.05) is 121 Å². The number of carbonyl (C=O) groups is 4. The molecule has 0 bridgehead atoms.